The number of fused-ring (bicyclic) bond motifs is 1. The molecule has 0 fully saturated rings. The van der Waals surface area contributed by atoms with E-state index < -0.39 is 28.0 Å². The lowest BCUT2D eigenvalue weighted by Gasteiger charge is -2.34. The molecule has 3 aromatic rings. The molecule has 1 heterocycles. The van der Waals surface area contributed by atoms with Crippen LogP contribution in [0.1, 0.15) is 17.3 Å². The predicted molar refractivity (Wildman–Crippen MR) is 129 cm³/mol. The van der Waals surface area contributed by atoms with E-state index in [1.165, 1.54) is 25.3 Å². The third-order valence-corrected chi connectivity index (χ3v) is 7.15. The molecule has 3 aromatic carbocycles. The number of amides is 1. The molecule has 9 nitrogen and oxygen atoms in total. The molecule has 1 aliphatic heterocycles. The maximum atomic E-state index is 13.5. The van der Waals surface area contributed by atoms with E-state index >= 15 is 0 Å². The number of carbonyl (C=O) groups excluding carboxylic acids is 2. The number of anilines is 2. The minimum absolute atomic E-state index is 0.0433. The molecule has 0 bridgehead atoms. The summed E-state index contributed by atoms with van der Waals surface area (Å²) < 4.78 is 44.2. The van der Waals surface area contributed by atoms with Crippen LogP contribution in [-0.4, -0.2) is 46.7 Å². The molecule has 35 heavy (non-hydrogen) atoms. The molecule has 4 rings (SSSR count). The Kier molecular flexibility index (Phi) is 6.92. The second-order valence-corrected chi connectivity index (χ2v) is 9.40. The first-order valence-electron chi connectivity index (χ1n) is 10.8. The molecule has 1 amide bonds. The summed E-state index contributed by atoms with van der Waals surface area (Å²) in [5.74, 6) is -0.424. The van der Waals surface area contributed by atoms with Crippen LogP contribution in [0.25, 0.3) is 0 Å². The maximum absolute atomic E-state index is 13.5. The van der Waals surface area contributed by atoms with Gasteiger partial charge in [0, 0.05) is 0 Å². The number of benzene rings is 3. The lowest BCUT2D eigenvalue weighted by molar-refractivity contribution is -0.122. The number of hydrogen-bond acceptors (Lipinski definition) is 7. The van der Waals surface area contributed by atoms with Crippen molar-refractivity contribution in [2.24, 2.45) is 0 Å². The van der Waals surface area contributed by atoms with E-state index in [0.717, 1.165) is 4.31 Å². The highest BCUT2D eigenvalue weighted by atomic mass is 32.2. The van der Waals surface area contributed by atoms with Gasteiger partial charge in [0.15, 0.2) is 6.10 Å². The smallest absolute Gasteiger partial charge is 0.340 e. The summed E-state index contributed by atoms with van der Waals surface area (Å²) in [6.07, 6.45) is -1.17. The van der Waals surface area contributed by atoms with Gasteiger partial charge in [0.2, 0.25) is 0 Å². The van der Waals surface area contributed by atoms with Crippen LogP contribution < -0.4 is 19.1 Å². The Balaban J connectivity index is 1.64. The van der Waals surface area contributed by atoms with E-state index in [2.05, 4.69) is 5.32 Å². The van der Waals surface area contributed by atoms with Crippen LogP contribution in [0.3, 0.4) is 0 Å². The van der Waals surface area contributed by atoms with E-state index in [0.29, 0.717) is 11.4 Å². The van der Waals surface area contributed by atoms with Crippen LogP contribution in [0, 0.1) is 0 Å². The van der Waals surface area contributed by atoms with Crippen LogP contribution in [-0.2, 0) is 19.6 Å². The molecule has 0 aromatic heterocycles. The first-order chi connectivity index (χ1) is 16.8. The SMILES string of the molecule is CCOC(=O)c1ccccc1NC(=O)[C@H]1CN(S(=O)(=O)c2ccc(OC)cc2)c2ccccc2O1. The van der Waals surface area contributed by atoms with Crippen molar-refractivity contribution < 1.29 is 32.2 Å². The van der Waals surface area contributed by atoms with E-state index in [1.54, 1.807) is 61.5 Å². The number of sulfonamides is 1. The number of carbonyl (C=O) groups is 2. The maximum Gasteiger partial charge on any atom is 0.340 e. The third kappa shape index (κ3) is 4.92. The van der Waals surface area contributed by atoms with Crippen molar-refractivity contribution in [2.45, 2.75) is 17.9 Å². The lowest BCUT2D eigenvalue weighted by atomic mass is 10.1. The standard InChI is InChI=1S/C25H24N2O7S/c1-3-33-25(29)19-8-4-5-9-20(19)26-24(28)23-16-27(21-10-6-7-11-22(21)34-23)35(30,31)18-14-12-17(32-2)13-15-18/h4-15,23H,3,16H2,1-2H3,(H,26,28)/t23-/m1/s1. The number of methoxy groups -OCH3 is 1. The van der Waals surface area contributed by atoms with E-state index in [1.807, 2.05) is 0 Å². The van der Waals surface area contributed by atoms with Crippen LogP contribution in [0.15, 0.2) is 77.7 Å². The summed E-state index contributed by atoms with van der Waals surface area (Å²) in [4.78, 5) is 25.5. The Morgan fingerprint density at radius 3 is 2.43 bits per heavy atom. The quantitative estimate of drug-likeness (QED) is 0.499. The van der Waals surface area contributed by atoms with E-state index in [9.17, 15) is 18.0 Å². The molecule has 0 aliphatic carbocycles. The number of rotatable bonds is 7. The minimum atomic E-state index is -4.02. The average molecular weight is 497 g/mol. The van der Waals surface area contributed by atoms with E-state index in [-0.39, 0.29) is 35.0 Å². The van der Waals surface area contributed by atoms with Crippen LogP contribution in [0.4, 0.5) is 11.4 Å². The van der Waals surface area contributed by atoms with Crippen molar-refractivity contribution >= 4 is 33.3 Å². The average Bonchev–Trinajstić information content (AvgIpc) is 2.88. The fourth-order valence-electron chi connectivity index (χ4n) is 3.63. The Labute approximate surface area is 203 Å². The number of hydrogen-bond donors (Lipinski definition) is 1. The molecule has 0 spiro atoms. The van der Waals surface area contributed by atoms with Crippen molar-refractivity contribution in [2.75, 3.05) is 29.9 Å². The number of para-hydroxylation sites is 3. The summed E-state index contributed by atoms with van der Waals surface area (Å²) in [6.45, 7) is 1.60. The van der Waals surface area contributed by atoms with Crippen molar-refractivity contribution in [3.63, 3.8) is 0 Å². The van der Waals surface area contributed by atoms with Gasteiger partial charge in [-0.1, -0.05) is 24.3 Å². The zero-order valence-corrected chi connectivity index (χ0v) is 19.9. The highest BCUT2D eigenvalue weighted by Gasteiger charge is 2.37. The topological polar surface area (TPSA) is 111 Å². The molecule has 0 unspecified atom stereocenters. The highest BCUT2D eigenvalue weighted by Crippen LogP contribution is 2.37. The van der Waals surface area contributed by atoms with Crippen LogP contribution in [0.2, 0.25) is 0 Å². The Hall–Kier alpha value is -4.05. The summed E-state index contributed by atoms with van der Waals surface area (Å²) in [5, 5.41) is 2.67. The number of nitrogens with zero attached hydrogens (tertiary/aromatic N) is 1. The summed E-state index contributed by atoms with van der Waals surface area (Å²) in [6, 6.07) is 19.0. The molecule has 0 saturated heterocycles. The second-order valence-electron chi connectivity index (χ2n) is 7.54. The molecule has 0 saturated carbocycles. The third-order valence-electron chi connectivity index (χ3n) is 5.35. The molecule has 1 atom stereocenters. The lowest BCUT2D eigenvalue weighted by Crippen LogP contribution is -2.48. The monoisotopic (exact) mass is 496 g/mol. The summed E-state index contributed by atoms with van der Waals surface area (Å²) in [7, 11) is -2.53. The fourth-order valence-corrected chi connectivity index (χ4v) is 5.11. The van der Waals surface area contributed by atoms with Crippen molar-refractivity contribution in [3.05, 3.63) is 78.4 Å². The predicted octanol–water partition coefficient (Wildman–Crippen LogP) is 3.47. The zero-order valence-electron chi connectivity index (χ0n) is 19.1. The van der Waals surface area contributed by atoms with Gasteiger partial charge in [-0.15, -0.1) is 0 Å². The summed E-state index contributed by atoms with van der Waals surface area (Å²) in [5.41, 5.74) is 0.740. The molecular formula is C25H24N2O7S. The largest absolute Gasteiger partial charge is 0.497 e. The minimum Gasteiger partial charge on any atom is -0.497 e. The first-order valence-corrected chi connectivity index (χ1v) is 12.3. The van der Waals surface area contributed by atoms with E-state index in [4.69, 9.17) is 14.2 Å². The van der Waals surface area contributed by atoms with Crippen LogP contribution >= 0.6 is 0 Å². The van der Waals surface area contributed by atoms with Gasteiger partial charge in [0.1, 0.15) is 11.5 Å². The van der Waals surface area contributed by atoms with Gasteiger partial charge in [-0.2, -0.15) is 0 Å². The van der Waals surface area contributed by atoms with Gasteiger partial charge in [-0.3, -0.25) is 9.10 Å². The zero-order chi connectivity index (χ0) is 25.0. The number of nitrogens with one attached hydrogen (secondary N) is 1. The van der Waals surface area contributed by atoms with Crippen molar-refractivity contribution in [1.82, 2.24) is 0 Å². The first kappa shape index (κ1) is 24.1. The highest BCUT2D eigenvalue weighted by molar-refractivity contribution is 7.92. The normalized spacial score (nSPS) is 14.9. The molecule has 0 radical (unpaired) electrons. The van der Waals surface area contributed by atoms with Gasteiger partial charge in [0.25, 0.3) is 15.9 Å². The molecule has 1 aliphatic rings. The summed E-state index contributed by atoms with van der Waals surface area (Å²) >= 11 is 0. The van der Waals surface area contributed by atoms with Gasteiger partial charge in [0.05, 0.1) is 42.1 Å². The van der Waals surface area contributed by atoms with Gasteiger partial charge < -0.3 is 19.5 Å². The Morgan fingerprint density at radius 2 is 1.71 bits per heavy atom. The van der Waals surface area contributed by atoms with Gasteiger partial charge in [-0.05, 0) is 55.5 Å². The van der Waals surface area contributed by atoms with Crippen molar-refractivity contribution in [3.8, 4) is 11.5 Å². The van der Waals surface area contributed by atoms with Gasteiger partial charge >= 0.3 is 5.97 Å². The number of ether oxygens (including phenoxy) is 3. The second kappa shape index (κ2) is 10.1. The molecule has 182 valence electrons. The van der Waals surface area contributed by atoms with Gasteiger partial charge in [-0.25, -0.2) is 13.2 Å². The number of esters is 1. The fraction of sp³-hybridized carbons (Fsp3) is 0.200. The Morgan fingerprint density at radius 1 is 1.03 bits per heavy atom. The Bertz CT molecular complexity index is 1340. The molecular weight excluding hydrogens is 472 g/mol. The molecule has 10 heteroatoms. The molecule has 1 N–H and O–H groups in total. The van der Waals surface area contributed by atoms with Crippen LogP contribution in [0.5, 0.6) is 11.5 Å². The van der Waals surface area contributed by atoms with Crippen molar-refractivity contribution in [1.29, 1.82) is 0 Å².